The Balaban J connectivity index is 2.33. The van der Waals surface area contributed by atoms with Gasteiger partial charge in [-0.3, -0.25) is 0 Å². The molecule has 1 heterocycles. The SMILES string of the molecule is CN1CCC=C(CCC(C)(C)O)C1. The van der Waals surface area contributed by atoms with Gasteiger partial charge in [0.15, 0.2) is 0 Å². The molecule has 0 bridgehead atoms. The molecule has 0 radical (unpaired) electrons. The molecule has 0 aromatic carbocycles. The lowest BCUT2D eigenvalue weighted by molar-refractivity contribution is 0.0707. The molecule has 0 amide bonds. The monoisotopic (exact) mass is 183 g/mol. The molecular weight excluding hydrogens is 162 g/mol. The minimum absolute atomic E-state index is 0.517. The van der Waals surface area contributed by atoms with Crippen LogP contribution in [0.1, 0.15) is 33.1 Å². The average molecular weight is 183 g/mol. The van der Waals surface area contributed by atoms with Gasteiger partial charge in [-0.2, -0.15) is 0 Å². The van der Waals surface area contributed by atoms with Crippen LogP contribution in [-0.4, -0.2) is 35.7 Å². The fourth-order valence-corrected chi connectivity index (χ4v) is 1.63. The molecule has 1 aliphatic heterocycles. The maximum Gasteiger partial charge on any atom is 0.0594 e. The molecule has 0 atom stereocenters. The minimum atomic E-state index is -0.517. The molecule has 13 heavy (non-hydrogen) atoms. The molecule has 76 valence electrons. The highest BCUT2D eigenvalue weighted by molar-refractivity contribution is 5.08. The quantitative estimate of drug-likeness (QED) is 0.674. The van der Waals surface area contributed by atoms with Crippen molar-refractivity contribution >= 4 is 0 Å². The number of likely N-dealkylation sites (N-methyl/N-ethyl adjacent to an activating group) is 1. The van der Waals surface area contributed by atoms with Gasteiger partial charge in [0.25, 0.3) is 0 Å². The zero-order valence-corrected chi connectivity index (χ0v) is 9.01. The highest BCUT2D eigenvalue weighted by atomic mass is 16.3. The third-order valence-electron chi connectivity index (χ3n) is 2.47. The molecule has 0 unspecified atom stereocenters. The van der Waals surface area contributed by atoms with Crippen LogP contribution in [0.15, 0.2) is 11.6 Å². The second kappa shape index (κ2) is 4.25. The Kier molecular flexibility index (Phi) is 3.51. The van der Waals surface area contributed by atoms with E-state index in [-0.39, 0.29) is 0 Å². The van der Waals surface area contributed by atoms with Gasteiger partial charge >= 0.3 is 0 Å². The van der Waals surface area contributed by atoms with Crippen LogP contribution in [0.4, 0.5) is 0 Å². The molecule has 0 saturated carbocycles. The van der Waals surface area contributed by atoms with Crippen LogP contribution in [0.3, 0.4) is 0 Å². The first-order valence-corrected chi connectivity index (χ1v) is 5.06. The molecule has 0 fully saturated rings. The third kappa shape index (κ3) is 4.44. The molecular formula is C11H21NO. The van der Waals surface area contributed by atoms with Crippen LogP contribution in [0.25, 0.3) is 0 Å². The maximum atomic E-state index is 9.57. The van der Waals surface area contributed by atoms with E-state index < -0.39 is 5.60 Å². The van der Waals surface area contributed by atoms with Crippen molar-refractivity contribution in [1.82, 2.24) is 4.90 Å². The summed E-state index contributed by atoms with van der Waals surface area (Å²) in [5.74, 6) is 0. The predicted octanol–water partition coefficient (Wildman–Crippen LogP) is 1.80. The third-order valence-corrected chi connectivity index (χ3v) is 2.47. The highest BCUT2D eigenvalue weighted by Crippen LogP contribution is 2.18. The van der Waals surface area contributed by atoms with E-state index in [0.717, 1.165) is 25.8 Å². The molecule has 0 aromatic rings. The number of aliphatic hydroxyl groups is 1. The van der Waals surface area contributed by atoms with E-state index >= 15 is 0 Å². The molecule has 0 aliphatic carbocycles. The summed E-state index contributed by atoms with van der Waals surface area (Å²) in [4.78, 5) is 2.33. The molecule has 2 nitrogen and oxygen atoms in total. The van der Waals surface area contributed by atoms with Crippen LogP contribution >= 0.6 is 0 Å². The van der Waals surface area contributed by atoms with E-state index in [1.165, 1.54) is 12.1 Å². The van der Waals surface area contributed by atoms with Gasteiger partial charge in [0.1, 0.15) is 0 Å². The lowest BCUT2D eigenvalue weighted by Gasteiger charge is -2.25. The van der Waals surface area contributed by atoms with Crippen molar-refractivity contribution in [2.75, 3.05) is 20.1 Å². The summed E-state index contributed by atoms with van der Waals surface area (Å²) in [5.41, 5.74) is 0.965. The fourth-order valence-electron chi connectivity index (χ4n) is 1.63. The summed E-state index contributed by atoms with van der Waals surface area (Å²) in [5, 5.41) is 9.57. The summed E-state index contributed by atoms with van der Waals surface area (Å²) in [6.07, 6.45) is 5.39. The van der Waals surface area contributed by atoms with Crippen LogP contribution in [0.5, 0.6) is 0 Å². The van der Waals surface area contributed by atoms with Gasteiger partial charge in [-0.15, -0.1) is 0 Å². The van der Waals surface area contributed by atoms with Gasteiger partial charge in [-0.25, -0.2) is 0 Å². The zero-order valence-electron chi connectivity index (χ0n) is 9.01. The molecule has 2 heteroatoms. The summed E-state index contributed by atoms with van der Waals surface area (Å²) < 4.78 is 0. The van der Waals surface area contributed by atoms with E-state index in [4.69, 9.17) is 0 Å². The van der Waals surface area contributed by atoms with Crippen molar-refractivity contribution in [3.05, 3.63) is 11.6 Å². The van der Waals surface area contributed by atoms with Crippen molar-refractivity contribution in [1.29, 1.82) is 0 Å². The first-order chi connectivity index (χ1) is 5.97. The predicted molar refractivity (Wildman–Crippen MR) is 55.7 cm³/mol. The smallest absolute Gasteiger partial charge is 0.0594 e. The first kappa shape index (κ1) is 10.7. The van der Waals surface area contributed by atoms with E-state index in [0.29, 0.717) is 0 Å². The van der Waals surface area contributed by atoms with Crippen molar-refractivity contribution in [3.8, 4) is 0 Å². The van der Waals surface area contributed by atoms with Crippen molar-refractivity contribution in [2.45, 2.75) is 38.7 Å². The van der Waals surface area contributed by atoms with E-state index in [1.807, 2.05) is 13.8 Å². The Morgan fingerprint density at radius 2 is 2.23 bits per heavy atom. The van der Waals surface area contributed by atoms with E-state index in [9.17, 15) is 5.11 Å². The topological polar surface area (TPSA) is 23.5 Å². The average Bonchev–Trinajstić information content (AvgIpc) is 2.00. The lowest BCUT2D eigenvalue weighted by Crippen LogP contribution is -2.27. The Morgan fingerprint density at radius 3 is 2.77 bits per heavy atom. The highest BCUT2D eigenvalue weighted by Gasteiger charge is 2.15. The van der Waals surface area contributed by atoms with Gasteiger partial charge in [0.05, 0.1) is 5.60 Å². The normalized spacial score (nSPS) is 20.2. The number of hydrogen-bond acceptors (Lipinski definition) is 2. The minimum Gasteiger partial charge on any atom is -0.390 e. The molecule has 0 spiro atoms. The van der Waals surface area contributed by atoms with Gasteiger partial charge in [0, 0.05) is 13.1 Å². The standard InChI is InChI=1S/C11H21NO/c1-11(2,13)7-6-10-5-4-8-12(3)9-10/h5,13H,4,6-9H2,1-3H3. The lowest BCUT2D eigenvalue weighted by atomic mass is 9.97. The summed E-state index contributed by atoms with van der Waals surface area (Å²) in [7, 11) is 2.15. The Bertz CT molecular complexity index is 191. The van der Waals surface area contributed by atoms with Crippen LogP contribution in [-0.2, 0) is 0 Å². The van der Waals surface area contributed by atoms with Gasteiger partial charge in [-0.05, 0) is 40.2 Å². The molecule has 1 aliphatic rings. The van der Waals surface area contributed by atoms with Gasteiger partial charge in [-0.1, -0.05) is 11.6 Å². The first-order valence-electron chi connectivity index (χ1n) is 5.06. The summed E-state index contributed by atoms with van der Waals surface area (Å²) >= 11 is 0. The largest absolute Gasteiger partial charge is 0.390 e. The van der Waals surface area contributed by atoms with Gasteiger partial charge in [0.2, 0.25) is 0 Å². The summed E-state index contributed by atoms with van der Waals surface area (Å²) in [6.45, 7) is 6.00. The molecule has 0 saturated heterocycles. The second-order valence-electron chi connectivity index (χ2n) is 4.70. The fraction of sp³-hybridized carbons (Fsp3) is 0.818. The zero-order chi connectivity index (χ0) is 9.90. The second-order valence-corrected chi connectivity index (χ2v) is 4.70. The Morgan fingerprint density at radius 1 is 1.54 bits per heavy atom. The van der Waals surface area contributed by atoms with Crippen LogP contribution < -0.4 is 0 Å². The number of rotatable bonds is 3. The van der Waals surface area contributed by atoms with Gasteiger partial charge < -0.3 is 10.0 Å². The van der Waals surface area contributed by atoms with Crippen molar-refractivity contribution in [3.63, 3.8) is 0 Å². The van der Waals surface area contributed by atoms with Crippen LogP contribution in [0.2, 0.25) is 0 Å². The number of hydrogen-bond donors (Lipinski definition) is 1. The van der Waals surface area contributed by atoms with Crippen molar-refractivity contribution in [2.24, 2.45) is 0 Å². The number of nitrogens with zero attached hydrogens (tertiary/aromatic N) is 1. The molecule has 0 aromatic heterocycles. The summed E-state index contributed by atoms with van der Waals surface area (Å²) in [6, 6.07) is 0. The van der Waals surface area contributed by atoms with Crippen LogP contribution in [0, 0.1) is 0 Å². The maximum absolute atomic E-state index is 9.57. The molecule has 1 rings (SSSR count). The Labute approximate surface area is 81.2 Å². The van der Waals surface area contributed by atoms with E-state index in [1.54, 1.807) is 0 Å². The molecule has 1 N–H and O–H groups in total. The van der Waals surface area contributed by atoms with Crippen molar-refractivity contribution < 1.29 is 5.11 Å². The van der Waals surface area contributed by atoms with E-state index in [2.05, 4.69) is 18.0 Å². The Hall–Kier alpha value is -0.340.